The first-order chi connectivity index (χ1) is 5.25. The standard InChI is InChI=1S/C8H7FN2/c1-6(5-10)7-3-2-4-11-8(7)9/h2-4,6H,1H3. The van der Waals surface area contributed by atoms with Gasteiger partial charge in [-0.3, -0.25) is 0 Å². The molecule has 0 saturated carbocycles. The van der Waals surface area contributed by atoms with E-state index in [-0.39, 0.29) is 0 Å². The highest BCUT2D eigenvalue weighted by molar-refractivity contribution is 5.20. The molecule has 0 radical (unpaired) electrons. The van der Waals surface area contributed by atoms with E-state index in [4.69, 9.17) is 5.26 Å². The predicted molar refractivity (Wildman–Crippen MR) is 38.2 cm³/mol. The zero-order valence-corrected chi connectivity index (χ0v) is 6.08. The van der Waals surface area contributed by atoms with Crippen LogP contribution >= 0.6 is 0 Å². The maximum absolute atomic E-state index is 12.8. The van der Waals surface area contributed by atoms with Gasteiger partial charge in [-0.2, -0.15) is 9.65 Å². The van der Waals surface area contributed by atoms with Gasteiger partial charge in [-0.1, -0.05) is 6.07 Å². The molecule has 2 nitrogen and oxygen atoms in total. The number of nitriles is 1. The SMILES string of the molecule is CC(C#N)c1cccnc1F. The summed E-state index contributed by atoms with van der Waals surface area (Å²) in [5.74, 6) is -0.981. The average Bonchev–Trinajstić information content (AvgIpc) is 2.04. The number of nitrogens with zero attached hydrogens (tertiary/aromatic N) is 2. The van der Waals surface area contributed by atoms with Crippen molar-refractivity contribution in [3.05, 3.63) is 29.8 Å². The molecule has 0 aliphatic carbocycles. The predicted octanol–water partition coefficient (Wildman–Crippen LogP) is 1.85. The topological polar surface area (TPSA) is 36.7 Å². The third-order valence-electron chi connectivity index (χ3n) is 1.45. The van der Waals surface area contributed by atoms with Crippen molar-refractivity contribution in [3.63, 3.8) is 0 Å². The fourth-order valence-electron chi connectivity index (χ4n) is 0.791. The fraction of sp³-hybridized carbons (Fsp3) is 0.250. The molecule has 1 unspecified atom stereocenters. The first-order valence-corrected chi connectivity index (χ1v) is 3.25. The van der Waals surface area contributed by atoms with Crippen LogP contribution < -0.4 is 0 Å². The van der Waals surface area contributed by atoms with Crippen LogP contribution in [0.3, 0.4) is 0 Å². The highest BCUT2D eigenvalue weighted by Crippen LogP contribution is 2.14. The smallest absolute Gasteiger partial charge is 0.217 e. The zero-order chi connectivity index (χ0) is 8.27. The number of aromatic nitrogens is 1. The average molecular weight is 150 g/mol. The fourth-order valence-corrected chi connectivity index (χ4v) is 0.791. The van der Waals surface area contributed by atoms with Crippen molar-refractivity contribution >= 4 is 0 Å². The lowest BCUT2D eigenvalue weighted by atomic mass is 10.1. The molecular formula is C8H7FN2. The number of pyridine rings is 1. The van der Waals surface area contributed by atoms with E-state index in [0.717, 1.165) is 0 Å². The lowest BCUT2D eigenvalue weighted by Gasteiger charge is -2.01. The highest BCUT2D eigenvalue weighted by atomic mass is 19.1. The van der Waals surface area contributed by atoms with Crippen LogP contribution in [-0.4, -0.2) is 4.98 Å². The molecule has 0 aliphatic rings. The van der Waals surface area contributed by atoms with Gasteiger partial charge in [-0.15, -0.1) is 0 Å². The number of halogens is 1. The van der Waals surface area contributed by atoms with Gasteiger partial charge < -0.3 is 0 Å². The Bertz CT molecular complexity index is 290. The van der Waals surface area contributed by atoms with E-state index in [0.29, 0.717) is 5.56 Å². The maximum Gasteiger partial charge on any atom is 0.217 e. The number of rotatable bonds is 1. The molecule has 0 bridgehead atoms. The van der Waals surface area contributed by atoms with Gasteiger partial charge in [0.05, 0.1) is 12.0 Å². The van der Waals surface area contributed by atoms with Crippen LogP contribution in [-0.2, 0) is 0 Å². The molecule has 1 rings (SSSR count). The Kier molecular flexibility index (Phi) is 2.17. The summed E-state index contributed by atoms with van der Waals surface area (Å²) in [5, 5.41) is 8.47. The molecule has 0 spiro atoms. The van der Waals surface area contributed by atoms with Gasteiger partial charge >= 0.3 is 0 Å². The minimum absolute atomic E-state index is 0.356. The minimum atomic E-state index is -0.554. The van der Waals surface area contributed by atoms with Crippen LogP contribution in [0.4, 0.5) is 4.39 Å². The first kappa shape index (κ1) is 7.67. The second-order valence-corrected chi connectivity index (χ2v) is 2.23. The summed E-state index contributed by atoms with van der Waals surface area (Å²) in [6, 6.07) is 5.13. The van der Waals surface area contributed by atoms with Crippen molar-refractivity contribution in [2.24, 2.45) is 0 Å². The Labute approximate surface area is 64.3 Å². The van der Waals surface area contributed by atoms with Gasteiger partial charge in [0.25, 0.3) is 0 Å². The lowest BCUT2D eigenvalue weighted by Crippen LogP contribution is -1.95. The summed E-state index contributed by atoms with van der Waals surface area (Å²) in [7, 11) is 0. The molecule has 0 aromatic carbocycles. The molecule has 1 aromatic rings. The summed E-state index contributed by atoms with van der Waals surface area (Å²) >= 11 is 0. The minimum Gasteiger partial charge on any atom is -0.228 e. The molecule has 0 aliphatic heterocycles. The molecular weight excluding hydrogens is 143 g/mol. The third-order valence-corrected chi connectivity index (χ3v) is 1.45. The molecule has 1 heterocycles. The number of hydrogen-bond acceptors (Lipinski definition) is 2. The quantitative estimate of drug-likeness (QED) is 0.573. The summed E-state index contributed by atoms with van der Waals surface area (Å²) in [6.07, 6.45) is 1.36. The van der Waals surface area contributed by atoms with Crippen molar-refractivity contribution in [2.45, 2.75) is 12.8 Å². The van der Waals surface area contributed by atoms with Crippen molar-refractivity contribution in [3.8, 4) is 6.07 Å². The Morgan fingerprint density at radius 2 is 2.45 bits per heavy atom. The molecule has 0 fully saturated rings. The van der Waals surface area contributed by atoms with Crippen molar-refractivity contribution in [2.75, 3.05) is 0 Å². The maximum atomic E-state index is 12.8. The molecule has 11 heavy (non-hydrogen) atoms. The second kappa shape index (κ2) is 3.11. The molecule has 0 saturated heterocycles. The highest BCUT2D eigenvalue weighted by Gasteiger charge is 2.08. The van der Waals surface area contributed by atoms with Crippen LogP contribution in [0.5, 0.6) is 0 Å². The van der Waals surface area contributed by atoms with Gasteiger partial charge in [0.15, 0.2) is 0 Å². The van der Waals surface area contributed by atoms with Crippen LogP contribution in [0.1, 0.15) is 18.4 Å². The van der Waals surface area contributed by atoms with Crippen molar-refractivity contribution in [1.29, 1.82) is 5.26 Å². The summed E-state index contributed by atoms with van der Waals surface area (Å²) in [4.78, 5) is 3.43. The van der Waals surface area contributed by atoms with Crippen LogP contribution in [0.2, 0.25) is 0 Å². The molecule has 0 N–H and O–H groups in total. The first-order valence-electron chi connectivity index (χ1n) is 3.25. The van der Waals surface area contributed by atoms with Gasteiger partial charge in [0.1, 0.15) is 0 Å². The second-order valence-electron chi connectivity index (χ2n) is 2.23. The lowest BCUT2D eigenvalue weighted by molar-refractivity contribution is 0.563. The molecule has 1 atom stereocenters. The Balaban J connectivity index is 3.05. The molecule has 0 amide bonds. The van der Waals surface area contributed by atoms with E-state index in [1.54, 1.807) is 19.1 Å². The van der Waals surface area contributed by atoms with E-state index >= 15 is 0 Å². The van der Waals surface area contributed by atoms with Crippen LogP contribution in [0.15, 0.2) is 18.3 Å². The van der Waals surface area contributed by atoms with Gasteiger partial charge in [-0.25, -0.2) is 4.98 Å². The largest absolute Gasteiger partial charge is 0.228 e. The monoisotopic (exact) mass is 150 g/mol. The Morgan fingerprint density at radius 3 is 3.00 bits per heavy atom. The van der Waals surface area contributed by atoms with E-state index in [2.05, 4.69) is 4.98 Å². The summed E-state index contributed by atoms with van der Waals surface area (Å²) < 4.78 is 12.8. The van der Waals surface area contributed by atoms with Gasteiger partial charge in [0.2, 0.25) is 5.95 Å². The molecule has 56 valence electrons. The van der Waals surface area contributed by atoms with Crippen LogP contribution in [0, 0.1) is 17.3 Å². The van der Waals surface area contributed by atoms with E-state index in [9.17, 15) is 4.39 Å². The number of hydrogen-bond donors (Lipinski definition) is 0. The van der Waals surface area contributed by atoms with E-state index < -0.39 is 11.9 Å². The van der Waals surface area contributed by atoms with E-state index in [1.807, 2.05) is 6.07 Å². The molecule has 3 heteroatoms. The van der Waals surface area contributed by atoms with Crippen molar-refractivity contribution < 1.29 is 4.39 Å². The van der Waals surface area contributed by atoms with Gasteiger partial charge in [0, 0.05) is 11.8 Å². The Morgan fingerprint density at radius 1 is 1.73 bits per heavy atom. The molecule has 1 aromatic heterocycles. The summed E-state index contributed by atoms with van der Waals surface area (Å²) in [6.45, 7) is 1.64. The van der Waals surface area contributed by atoms with Crippen LogP contribution in [0.25, 0.3) is 0 Å². The summed E-state index contributed by atoms with van der Waals surface area (Å²) in [5.41, 5.74) is 0.356. The normalized spacial score (nSPS) is 12.1. The Hall–Kier alpha value is -1.43. The van der Waals surface area contributed by atoms with Crippen molar-refractivity contribution in [1.82, 2.24) is 4.98 Å². The van der Waals surface area contributed by atoms with Gasteiger partial charge in [-0.05, 0) is 13.0 Å². The third kappa shape index (κ3) is 1.53. The zero-order valence-electron chi connectivity index (χ0n) is 6.08. The van der Waals surface area contributed by atoms with E-state index in [1.165, 1.54) is 6.20 Å².